The van der Waals surface area contributed by atoms with Gasteiger partial charge in [-0.05, 0) is 86.4 Å². The van der Waals surface area contributed by atoms with Crippen molar-refractivity contribution in [1.82, 2.24) is 14.9 Å². The van der Waals surface area contributed by atoms with E-state index in [4.69, 9.17) is 4.98 Å². The fourth-order valence-electron chi connectivity index (χ4n) is 7.13. The zero-order valence-corrected chi connectivity index (χ0v) is 26.5. The lowest BCUT2D eigenvalue weighted by atomic mass is 9.89. The molecule has 2 aliphatic rings. The third-order valence-corrected chi connectivity index (χ3v) is 9.40. The van der Waals surface area contributed by atoms with Gasteiger partial charge in [-0.2, -0.15) is 0 Å². The number of aromatic nitrogens is 2. The van der Waals surface area contributed by atoms with Gasteiger partial charge in [-0.3, -0.25) is 4.79 Å². The van der Waals surface area contributed by atoms with Crippen LogP contribution in [0.3, 0.4) is 0 Å². The predicted molar refractivity (Wildman–Crippen MR) is 173 cm³/mol. The summed E-state index contributed by atoms with van der Waals surface area (Å²) in [7, 11) is 0. The van der Waals surface area contributed by atoms with Crippen molar-refractivity contribution in [3.05, 3.63) is 88.8 Å². The van der Waals surface area contributed by atoms with Crippen molar-refractivity contribution < 1.29 is 22.4 Å². The Hall–Kier alpha value is -4.08. The van der Waals surface area contributed by atoms with Crippen LogP contribution in [-0.4, -0.2) is 47.0 Å². The molecular weight excluding hydrogens is 594 g/mol. The normalized spacial score (nSPS) is 17.3. The summed E-state index contributed by atoms with van der Waals surface area (Å²) in [5, 5.41) is 0. The number of hydrogen-bond donors (Lipinski definition) is 1. The predicted octanol–water partition coefficient (Wildman–Crippen LogP) is 8.38. The van der Waals surface area contributed by atoms with Crippen LogP contribution in [0.5, 0.6) is 0 Å². The first kappa shape index (κ1) is 31.9. The fraction of sp³-hybridized carbons (Fsp3) is 0.444. The topological polar surface area (TPSA) is 55.5 Å². The number of nitrogens with one attached hydrogen (secondary N) is 1. The van der Waals surface area contributed by atoms with Crippen molar-refractivity contribution >= 4 is 28.3 Å². The van der Waals surface area contributed by atoms with Crippen LogP contribution < -0.4 is 9.80 Å². The number of imidazole rings is 1. The molecule has 4 aromatic rings. The second-order valence-corrected chi connectivity index (χ2v) is 12.6. The van der Waals surface area contributed by atoms with E-state index in [2.05, 4.69) is 4.98 Å². The van der Waals surface area contributed by atoms with Crippen LogP contribution in [0.2, 0.25) is 0 Å². The molecule has 6 rings (SSSR count). The quantitative estimate of drug-likeness (QED) is 0.178. The van der Waals surface area contributed by atoms with Gasteiger partial charge in [0.25, 0.3) is 0 Å². The molecule has 3 heterocycles. The first-order chi connectivity index (χ1) is 22.2. The van der Waals surface area contributed by atoms with Gasteiger partial charge in [0.2, 0.25) is 5.91 Å². The van der Waals surface area contributed by atoms with Crippen molar-refractivity contribution in [2.45, 2.75) is 77.3 Å². The third kappa shape index (κ3) is 6.57. The number of piperidine rings is 1. The number of amides is 1. The summed E-state index contributed by atoms with van der Waals surface area (Å²) in [6.45, 7) is 6.45. The van der Waals surface area contributed by atoms with E-state index < -0.39 is 23.5 Å². The summed E-state index contributed by atoms with van der Waals surface area (Å²) in [5.41, 5.74) is 2.95. The number of halogens is 4. The smallest absolute Gasteiger partial charge is 0.222 e. The minimum absolute atomic E-state index is 0.0387. The van der Waals surface area contributed by atoms with Gasteiger partial charge < -0.3 is 19.7 Å². The first-order valence-corrected chi connectivity index (χ1v) is 16.5. The number of fused-ring (bicyclic) bond motifs is 1. The number of rotatable bonds is 10. The van der Waals surface area contributed by atoms with Gasteiger partial charge in [0.15, 0.2) is 11.6 Å². The standard InChI is InChI=1S/C36H41F4N5O/c1-3-6-35(46)44(14-4-2)22-34-41-31-20-27(28(38)21-32(31)42-34)33-7-5-15-45(33)26-18-29(39)36(30(40)19-26)43-16-12-24(13-17-43)23-8-10-25(37)11-9-23/h8-11,18-21,24,33H,3-7,12-17,22H2,1-2H3,(H,41,42). The summed E-state index contributed by atoms with van der Waals surface area (Å²) in [6.07, 6.45) is 4.86. The van der Waals surface area contributed by atoms with E-state index in [1.165, 1.54) is 30.3 Å². The van der Waals surface area contributed by atoms with Crippen LogP contribution in [0, 0.1) is 23.3 Å². The number of carbonyl (C=O) groups excluding carboxylic acids is 1. The number of carbonyl (C=O) groups is 1. The second kappa shape index (κ2) is 13.7. The minimum Gasteiger partial charge on any atom is -0.367 e. The van der Waals surface area contributed by atoms with E-state index in [-0.39, 0.29) is 23.3 Å². The Morgan fingerprint density at radius 1 is 0.913 bits per heavy atom. The van der Waals surface area contributed by atoms with Crippen LogP contribution >= 0.6 is 0 Å². The molecule has 1 N–H and O–H groups in total. The number of benzene rings is 3. The van der Waals surface area contributed by atoms with E-state index in [0.717, 1.165) is 24.8 Å². The molecule has 2 aliphatic heterocycles. The number of H-pyrrole nitrogens is 1. The maximum atomic E-state index is 15.6. The van der Waals surface area contributed by atoms with Gasteiger partial charge in [0.05, 0.1) is 23.6 Å². The summed E-state index contributed by atoms with van der Waals surface area (Å²) >= 11 is 0. The molecule has 10 heteroatoms. The molecule has 0 radical (unpaired) electrons. The van der Waals surface area contributed by atoms with E-state index >= 15 is 13.2 Å². The highest BCUT2D eigenvalue weighted by molar-refractivity contribution is 5.78. The minimum atomic E-state index is -0.636. The Morgan fingerprint density at radius 3 is 2.30 bits per heavy atom. The largest absolute Gasteiger partial charge is 0.367 e. The van der Waals surface area contributed by atoms with Crippen molar-refractivity contribution in [3.8, 4) is 0 Å². The Kier molecular flexibility index (Phi) is 9.52. The Labute approximate surface area is 267 Å². The third-order valence-electron chi connectivity index (χ3n) is 9.40. The van der Waals surface area contributed by atoms with Crippen molar-refractivity contribution in [3.63, 3.8) is 0 Å². The van der Waals surface area contributed by atoms with E-state index in [0.29, 0.717) is 86.5 Å². The maximum absolute atomic E-state index is 15.6. The summed E-state index contributed by atoms with van der Waals surface area (Å²) in [4.78, 5) is 25.9. The van der Waals surface area contributed by atoms with Gasteiger partial charge in [0.1, 0.15) is 23.1 Å². The molecule has 46 heavy (non-hydrogen) atoms. The van der Waals surface area contributed by atoms with Crippen LogP contribution in [0.15, 0.2) is 48.5 Å². The molecule has 3 aromatic carbocycles. The number of anilines is 2. The molecule has 0 saturated carbocycles. The van der Waals surface area contributed by atoms with Gasteiger partial charge in [-0.1, -0.05) is 26.0 Å². The Morgan fingerprint density at radius 2 is 1.63 bits per heavy atom. The van der Waals surface area contributed by atoms with Gasteiger partial charge in [0, 0.05) is 43.9 Å². The highest BCUT2D eigenvalue weighted by atomic mass is 19.1. The highest BCUT2D eigenvalue weighted by Crippen LogP contribution is 2.41. The molecule has 0 bridgehead atoms. The number of hydrogen-bond acceptors (Lipinski definition) is 4. The molecule has 1 atom stereocenters. The van der Waals surface area contributed by atoms with Gasteiger partial charge in [-0.15, -0.1) is 0 Å². The maximum Gasteiger partial charge on any atom is 0.222 e. The van der Waals surface area contributed by atoms with E-state index in [9.17, 15) is 9.18 Å². The average Bonchev–Trinajstić information content (AvgIpc) is 3.68. The van der Waals surface area contributed by atoms with Crippen LogP contribution in [0.25, 0.3) is 11.0 Å². The molecule has 2 saturated heterocycles. The zero-order chi connectivity index (χ0) is 32.4. The second-order valence-electron chi connectivity index (χ2n) is 12.6. The van der Waals surface area contributed by atoms with Crippen molar-refractivity contribution in [2.24, 2.45) is 0 Å². The lowest BCUT2D eigenvalue weighted by molar-refractivity contribution is -0.132. The zero-order valence-electron chi connectivity index (χ0n) is 26.5. The molecule has 1 aromatic heterocycles. The van der Waals surface area contributed by atoms with E-state index in [1.807, 2.05) is 18.7 Å². The molecule has 0 spiro atoms. The lowest BCUT2D eigenvalue weighted by Gasteiger charge is -2.35. The SMILES string of the molecule is CCCC(=O)N(CCC)Cc1nc2cc(C3CCCN3c3cc(F)c(N4CCC(c5ccc(F)cc5)CC4)c(F)c3)c(F)cc2[nH]1. The molecule has 244 valence electrons. The lowest BCUT2D eigenvalue weighted by Crippen LogP contribution is -2.34. The fourth-order valence-corrected chi connectivity index (χ4v) is 7.13. The van der Waals surface area contributed by atoms with Crippen LogP contribution in [-0.2, 0) is 11.3 Å². The van der Waals surface area contributed by atoms with Crippen molar-refractivity contribution in [2.75, 3.05) is 36.0 Å². The Balaban J connectivity index is 1.19. The summed E-state index contributed by atoms with van der Waals surface area (Å²) in [6, 6.07) is 11.9. The van der Waals surface area contributed by atoms with E-state index in [1.54, 1.807) is 28.0 Å². The molecule has 1 amide bonds. The van der Waals surface area contributed by atoms with Crippen molar-refractivity contribution in [1.29, 1.82) is 0 Å². The monoisotopic (exact) mass is 635 g/mol. The number of aromatic amines is 1. The number of nitrogens with zero attached hydrogens (tertiary/aromatic N) is 4. The summed E-state index contributed by atoms with van der Waals surface area (Å²) in [5.74, 6) is -1.09. The Bertz CT molecular complexity index is 1660. The molecule has 6 nitrogen and oxygen atoms in total. The van der Waals surface area contributed by atoms with Gasteiger partial charge in [-0.25, -0.2) is 22.5 Å². The molecule has 2 fully saturated rings. The van der Waals surface area contributed by atoms with Crippen LogP contribution in [0.1, 0.15) is 87.7 Å². The average molecular weight is 636 g/mol. The highest BCUT2D eigenvalue weighted by Gasteiger charge is 2.32. The molecule has 1 unspecified atom stereocenters. The van der Waals surface area contributed by atoms with Crippen LogP contribution in [0.4, 0.5) is 28.9 Å². The van der Waals surface area contributed by atoms with Gasteiger partial charge >= 0.3 is 0 Å². The molecular formula is C36H41F4N5O. The molecule has 0 aliphatic carbocycles. The summed E-state index contributed by atoms with van der Waals surface area (Å²) < 4.78 is 60.2. The first-order valence-electron chi connectivity index (χ1n) is 16.5.